The number of rotatable bonds is 7. The third kappa shape index (κ3) is 10.2. The first-order valence-corrected chi connectivity index (χ1v) is 15.7. The molecule has 2 aromatic carbocycles. The van der Waals surface area contributed by atoms with Crippen molar-refractivity contribution in [2.45, 2.75) is 65.5 Å². The van der Waals surface area contributed by atoms with Gasteiger partial charge in [0.1, 0.15) is 13.2 Å². The van der Waals surface area contributed by atoms with Gasteiger partial charge in [0.15, 0.2) is 0 Å². The zero-order valence-corrected chi connectivity index (χ0v) is 27.4. The smallest absolute Gasteiger partial charge is 0.417 e. The lowest BCUT2D eigenvalue weighted by Crippen LogP contribution is -2.45. The van der Waals surface area contributed by atoms with Gasteiger partial charge in [0.05, 0.1) is 12.1 Å². The Kier molecular flexibility index (Phi) is 13.7. The van der Waals surface area contributed by atoms with Crippen LogP contribution < -0.4 is 0 Å². The standard InChI is InChI=1S/C19H23NO3.C14H15NO3.C5H8/c1-13-8-9-17(14(2)10-13)18(21)20-16(12-23-19(20)22)11-15-6-4-3-5-7-15;1-2-6-13(16)15-12(10-18-14(15)17)9-11-7-4-3-5-8-11;1-4-5(2)3/h3-8,14,16-17H,9-12H2,1-2H3;2-8,12H,9-10H2,1H3;4H,1-2H2,3H3/b;6-2+;/t14-,16-,17-;12-;/m00./s1. The van der Waals surface area contributed by atoms with Gasteiger partial charge in [-0.05, 0) is 69.6 Å². The molecule has 0 bridgehead atoms. The number of carbonyl (C=O) groups excluding carboxylic acids is 4. The van der Waals surface area contributed by atoms with Crippen molar-refractivity contribution in [2.75, 3.05) is 13.2 Å². The summed E-state index contributed by atoms with van der Waals surface area (Å²) < 4.78 is 10.1. The zero-order valence-electron chi connectivity index (χ0n) is 27.4. The molecule has 2 heterocycles. The molecule has 244 valence electrons. The van der Waals surface area contributed by atoms with Crippen LogP contribution in [-0.2, 0) is 31.9 Å². The number of nitrogens with zero attached hydrogens (tertiary/aromatic N) is 2. The highest BCUT2D eigenvalue weighted by atomic mass is 16.6. The van der Waals surface area contributed by atoms with Gasteiger partial charge in [-0.25, -0.2) is 19.4 Å². The minimum atomic E-state index is -0.556. The van der Waals surface area contributed by atoms with E-state index < -0.39 is 12.2 Å². The van der Waals surface area contributed by atoms with E-state index in [9.17, 15) is 19.2 Å². The van der Waals surface area contributed by atoms with Gasteiger partial charge in [-0.1, -0.05) is 110 Å². The number of cyclic esters (lactones) is 2. The van der Waals surface area contributed by atoms with Crippen LogP contribution in [0.2, 0.25) is 0 Å². The summed E-state index contributed by atoms with van der Waals surface area (Å²) >= 11 is 0. The van der Waals surface area contributed by atoms with Crippen molar-refractivity contribution in [3.63, 3.8) is 0 Å². The Balaban J connectivity index is 0.000000224. The lowest BCUT2D eigenvalue weighted by atomic mass is 9.80. The molecule has 4 amide bonds. The second kappa shape index (κ2) is 17.7. The molecule has 5 rings (SSSR count). The van der Waals surface area contributed by atoms with Gasteiger partial charge in [-0.3, -0.25) is 9.59 Å². The van der Waals surface area contributed by atoms with E-state index >= 15 is 0 Å². The molecule has 2 aliphatic heterocycles. The van der Waals surface area contributed by atoms with Crippen LogP contribution in [0.3, 0.4) is 0 Å². The molecule has 1 aliphatic carbocycles. The van der Waals surface area contributed by atoms with Crippen LogP contribution in [0.15, 0.2) is 109 Å². The monoisotopic (exact) mass is 626 g/mol. The molecule has 0 unspecified atom stereocenters. The zero-order chi connectivity index (χ0) is 33.6. The number of imide groups is 2. The van der Waals surface area contributed by atoms with Gasteiger partial charge in [-0.15, -0.1) is 0 Å². The highest BCUT2D eigenvalue weighted by Gasteiger charge is 2.42. The van der Waals surface area contributed by atoms with E-state index in [0.29, 0.717) is 19.3 Å². The fourth-order valence-electron chi connectivity index (χ4n) is 5.57. The number of hydrogen-bond acceptors (Lipinski definition) is 6. The van der Waals surface area contributed by atoms with E-state index in [1.165, 1.54) is 21.4 Å². The van der Waals surface area contributed by atoms with Crippen molar-refractivity contribution in [1.82, 2.24) is 9.80 Å². The minimum Gasteiger partial charge on any atom is -0.447 e. The molecule has 46 heavy (non-hydrogen) atoms. The van der Waals surface area contributed by atoms with E-state index in [2.05, 4.69) is 33.1 Å². The third-order valence-corrected chi connectivity index (χ3v) is 8.05. The number of ether oxygens (including phenoxy) is 2. The molecule has 0 aromatic heterocycles. The predicted molar refractivity (Wildman–Crippen MR) is 180 cm³/mol. The Bertz CT molecular complexity index is 1430. The summed E-state index contributed by atoms with van der Waals surface area (Å²) in [5, 5.41) is 0. The summed E-state index contributed by atoms with van der Waals surface area (Å²) in [7, 11) is 0. The van der Waals surface area contributed by atoms with Crippen molar-refractivity contribution in [2.24, 2.45) is 11.8 Å². The molecule has 0 saturated carbocycles. The Morgan fingerprint density at radius 3 is 1.83 bits per heavy atom. The van der Waals surface area contributed by atoms with E-state index in [4.69, 9.17) is 9.47 Å². The van der Waals surface area contributed by atoms with Gasteiger partial charge in [0.25, 0.3) is 5.91 Å². The quantitative estimate of drug-likeness (QED) is 0.180. The van der Waals surface area contributed by atoms with Crippen molar-refractivity contribution in [3.05, 3.63) is 120 Å². The highest BCUT2D eigenvalue weighted by molar-refractivity contribution is 5.99. The predicted octanol–water partition coefficient (Wildman–Crippen LogP) is 7.47. The Morgan fingerprint density at radius 2 is 1.37 bits per heavy atom. The number of amides is 4. The van der Waals surface area contributed by atoms with E-state index in [1.54, 1.807) is 19.1 Å². The van der Waals surface area contributed by atoms with Crippen LogP contribution in [0.1, 0.15) is 51.7 Å². The second-order valence-electron chi connectivity index (χ2n) is 11.9. The van der Waals surface area contributed by atoms with Crippen molar-refractivity contribution in [3.8, 4) is 0 Å². The molecule has 2 saturated heterocycles. The van der Waals surface area contributed by atoms with Crippen molar-refractivity contribution < 1.29 is 28.7 Å². The van der Waals surface area contributed by atoms with Crippen LogP contribution in [0.5, 0.6) is 0 Å². The molecule has 3 aliphatic rings. The summed E-state index contributed by atoms with van der Waals surface area (Å²) in [6.45, 7) is 15.4. The van der Waals surface area contributed by atoms with Gasteiger partial charge < -0.3 is 9.47 Å². The average molecular weight is 627 g/mol. The number of allylic oxidation sites excluding steroid dienone is 5. The molecule has 0 N–H and O–H groups in total. The van der Waals surface area contributed by atoms with Crippen LogP contribution in [0.4, 0.5) is 9.59 Å². The van der Waals surface area contributed by atoms with Gasteiger partial charge in [-0.2, -0.15) is 0 Å². The molecule has 4 atom stereocenters. The average Bonchev–Trinajstić information content (AvgIpc) is 3.59. The summed E-state index contributed by atoms with van der Waals surface area (Å²) in [5.41, 5.74) is 4.54. The first-order chi connectivity index (χ1) is 22.0. The van der Waals surface area contributed by atoms with Gasteiger partial charge in [0, 0.05) is 5.92 Å². The number of benzene rings is 2. The Hall–Kier alpha value is -4.72. The van der Waals surface area contributed by atoms with Crippen LogP contribution in [-0.4, -0.2) is 59.1 Å². The molecule has 8 heteroatoms. The highest BCUT2D eigenvalue weighted by Crippen LogP contribution is 2.32. The Morgan fingerprint density at radius 1 is 0.891 bits per heavy atom. The lowest BCUT2D eigenvalue weighted by molar-refractivity contribution is -0.135. The molecule has 0 radical (unpaired) electrons. The van der Waals surface area contributed by atoms with Crippen LogP contribution in [0.25, 0.3) is 0 Å². The number of hydrogen-bond donors (Lipinski definition) is 0. The lowest BCUT2D eigenvalue weighted by Gasteiger charge is -2.30. The molecule has 2 aromatic rings. The summed E-state index contributed by atoms with van der Waals surface area (Å²) in [6.07, 6.45) is 8.70. The summed E-state index contributed by atoms with van der Waals surface area (Å²) in [6, 6.07) is 19.3. The molecule has 8 nitrogen and oxygen atoms in total. The maximum absolute atomic E-state index is 12.9. The summed E-state index contributed by atoms with van der Waals surface area (Å²) in [4.78, 5) is 50.9. The fourth-order valence-corrected chi connectivity index (χ4v) is 5.57. The molecule has 2 fully saturated rings. The second-order valence-corrected chi connectivity index (χ2v) is 11.9. The van der Waals surface area contributed by atoms with Crippen LogP contribution >= 0.6 is 0 Å². The minimum absolute atomic E-state index is 0.0790. The van der Waals surface area contributed by atoms with E-state index in [-0.39, 0.29) is 48.9 Å². The molecular formula is C38H46N2O6. The third-order valence-electron chi connectivity index (χ3n) is 8.05. The number of carbonyl (C=O) groups is 4. The van der Waals surface area contributed by atoms with E-state index in [0.717, 1.165) is 23.1 Å². The van der Waals surface area contributed by atoms with Crippen molar-refractivity contribution >= 4 is 24.0 Å². The summed E-state index contributed by atoms with van der Waals surface area (Å²) in [5.74, 6) is -0.258. The maximum atomic E-state index is 12.9. The van der Waals surface area contributed by atoms with Crippen LogP contribution in [0, 0.1) is 11.8 Å². The Labute approximate surface area is 273 Å². The molecular weight excluding hydrogens is 580 g/mol. The maximum Gasteiger partial charge on any atom is 0.417 e. The first kappa shape index (κ1) is 35.8. The SMILES string of the molecule is C/C=C/C(=O)N1C(=O)OC[C@@H]1Cc1ccccc1.C=CC(=C)C.CC1=CC[C@H](C(=O)N2C(=O)OC[C@@H]2Cc2ccccc2)[C@@H](C)C1. The van der Waals surface area contributed by atoms with Gasteiger partial charge >= 0.3 is 12.2 Å². The topological polar surface area (TPSA) is 93.2 Å². The van der Waals surface area contributed by atoms with Gasteiger partial charge in [0.2, 0.25) is 5.91 Å². The first-order valence-electron chi connectivity index (χ1n) is 15.7. The largest absolute Gasteiger partial charge is 0.447 e. The van der Waals surface area contributed by atoms with E-state index in [1.807, 2.05) is 67.6 Å². The normalized spacial score (nSPS) is 22.0. The van der Waals surface area contributed by atoms with Crippen molar-refractivity contribution in [1.29, 1.82) is 0 Å². The fraction of sp³-hybridized carbons (Fsp3) is 0.368. The molecule has 0 spiro atoms.